The van der Waals surface area contributed by atoms with Crippen LogP contribution in [0.25, 0.3) is 0 Å². The molecule has 0 saturated heterocycles. The zero-order valence-corrected chi connectivity index (χ0v) is 7.78. The minimum absolute atomic E-state index is 0.327. The van der Waals surface area contributed by atoms with Crippen molar-refractivity contribution in [2.24, 2.45) is 0 Å². The molecule has 1 aromatic heterocycles. The molecule has 0 radical (unpaired) electrons. The summed E-state index contributed by atoms with van der Waals surface area (Å²) < 4.78 is 37.1. The normalized spacial score (nSPS) is 11.5. The molecule has 0 aromatic carbocycles. The lowest BCUT2D eigenvalue weighted by atomic mass is 10.6. The van der Waals surface area contributed by atoms with Crippen LogP contribution in [0.1, 0.15) is 4.88 Å². The maximum absolute atomic E-state index is 12.1. The summed E-state index contributed by atoms with van der Waals surface area (Å²) in [4.78, 5) is 4.01. The first-order chi connectivity index (χ1) is 5.51. The highest BCUT2D eigenvalue weighted by Gasteiger charge is 2.11. The maximum Gasteiger partial charge on any atom is 0.307 e. The van der Waals surface area contributed by atoms with E-state index in [2.05, 4.69) is 4.98 Å². The number of halogens is 1. The van der Waals surface area contributed by atoms with Crippen molar-refractivity contribution in [2.45, 2.75) is 5.75 Å². The molecule has 0 amide bonds. The summed E-state index contributed by atoms with van der Waals surface area (Å²) in [5.41, 5.74) is 0. The van der Waals surface area contributed by atoms with Crippen LogP contribution in [-0.4, -0.2) is 20.5 Å². The first-order valence-corrected chi connectivity index (χ1v) is 5.29. The SMILES string of the molecule is COc1ncc(CS(=O)(=O)F)s1. The molecule has 1 rings (SSSR count). The summed E-state index contributed by atoms with van der Waals surface area (Å²) in [5, 5.41) is 0.327. The van der Waals surface area contributed by atoms with Gasteiger partial charge in [0.1, 0.15) is 5.75 Å². The van der Waals surface area contributed by atoms with E-state index in [0.29, 0.717) is 10.1 Å². The molecule has 12 heavy (non-hydrogen) atoms. The van der Waals surface area contributed by atoms with Crippen molar-refractivity contribution < 1.29 is 17.0 Å². The first kappa shape index (κ1) is 9.40. The fraction of sp³-hybridized carbons (Fsp3) is 0.400. The van der Waals surface area contributed by atoms with Crippen LogP contribution in [0.4, 0.5) is 3.89 Å². The number of ether oxygens (including phenoxy) is 1. The Hall–Kier alpha value is -0.690. The van der Waals surface area contributed by atoms with Crippen LogP contribution in [0.3, 0.4) is 0 Å². The number of aromatic nitrogens is 1. The molecule has 0 atom stereocenters. The van der Waals surface area contributed by atoms with Crippen LogP contribution in [0.2, 0.25) is 0 Å². The average Bonchev–Trinajstić information content (AvgIpc) is 2.32. The van der Waals surface area contributed by atoms with Crippen molar-refractivity contribution in [1.82, 2.24) is 4.98 Å². The Bertz CT molecular complexity index is 359. The van der Waals surface area contributed by atoms with Crippen molar-refractivity contribution in [3.05, 3.63) is 11.1 Å². The predicted octanol–water partition coefficient (Wildman–Crippen LogP) is 0.951. The van der Waals surface area contributed by atoms with Crippen molar-refractivity contribution in [2.75, 3.05) is 7.11 Å². The van der Waals surface area contributed by atoms with E-state index in [4.69, 9.17) is 4.74 Å². The molecule has 4 nitrogen and oxygen atoms in total. The van der Waals surface area contributed by atoms with Crippen LogP contribution >= 0.6 is 11.3 Å². The van der Waals surface area contributed by atoms with E-state index in [-0.39, 0.29) is 0 Å². The Morgan fingerprint density at radius 1 is 1.75 bits per heavy atom. The number of hydrogen-bond donors (Lipinski definition) is 0. The second kappa shape index (κ2) is 3.36. The van der Waals surface area contributed by atoms with Gasteiger partial charge in [0.15, 0.2) is 0 Å². The van der Waals surface area contributed by atoms with Gasteiger partial charge < -0.3 is 4.74 Å². The average molecular weight is 211 g/mol. The third-order valence-electron chi connectivity index (χ3n) is 1.02. The van der Waals surface area contributed by atoms with E-state index in [9.17, 15) is 12.3 Å². The Labute approximate surface area is 73.2 Å². The molecule has 0 fully saturated rings. The van der Waals surface area contributed by atoms with Gasteiger partial charge in [-0.1, -0.05) is 11.3 Å². The molecule has 0 aliphatic rings. The largest absolute Gasteiger partial charge is 0.473 e. The highest BCUT2D eigenvalue weighted by molar-refractivity contribution is 7.85. The van der Waals surface area contributed by atoms with Gasteiger partial charge in [0, 0.05) is 11.1 Å². The lowest BCUT2D eigenvalue weighted by Gasteiger charge is -1.88. The van der Waals surface area contributed by atoms with Gasteiger partial charge in [0.05, 0.1) is 7.11 Å². The Balaban J connectivity index is 2.78. The molecular formula is C5H6FNO3S2. The van der Waals surface area contributed by atoms with Crippen molar-refractivity contribution >= 4 is 21.6 Å². The van der Waals surface area contributed by atoms with E-state index in [1.54, 1.807) is 0 Å². The van der Waals surface area contributed by atoms with Gasteiger partial charge in [-0.2, -0.15) is 8.42 Å². The van der Waals surface area contributed by atoms with Gasteiger partial charge in [-0.25, -0.2) is 4.98 Å². The van der Waals surface area contributed by atoms with Crippen LogP contribution in [-0.2, 0) is 16.0 Å². The van der Waals surface area contributed by atoms with Crippen LogP contribution in [0.15, 0.2) is 6.20 Å². The topological polar surface area (TPSA) is 56.3 Å². The van der Waals surface area contributed by atoms with Gasteiger partial charge >= 0.3 is 10.2 Å². The second-order valence-electron chi connectivity index (χ2n) is 1.98. The monoisotopic (exact) mass is 211 g/mol. The lowest BCUT2D eigenvalue weighted by molar-refractivity contribution is 0.412. The van der Waals surface area contributed by atoms with Crippen molar-refractivity contribution in [1.29, 1.82) is 0 Å². The Kier molecular flexibility index (Phi) is 2.63. The van der Waals surface area contributed by atoms with E-state index < -0.39 is 16.0 Å². The van der Waals surface area contributed by atoms with Gasteiger partial charge in [-0.05, 0) is 0 Å². The van der Waals surface area contributed by atoms with Gasteiger partial charge in [-0.15, -0.1) is 3.89 Å². The summed E-state index contributed by atoms with van der Waals surface area (Å²) in [6.07, 6.45) is 1.28. The summed E-state index contributed by atoms with van der Waals surface area (Å²) in [5.74, 6) is -0.631. The van der Waals surface area contributed by atoms with E-state index in [0.717, 1.165) is 11.3 Å². The smallest absolute Gasteiger partial charge is 0.307 e. The highest BCUT2D eigenvalue weighted by Crippen LogP contribution is 2.21. The number of nitrogens with zero attached hydrogens (tertiary/aromatic N) is 1. The third kappa shape index (κ3) is 2.74. The van der Waals surface area contributed by atoms with E-state index in [1.807, 2.05) is 0 Å². The third-order valence-corrected chi connectivity index (χ3v) is 2.82. The number of hydrogen-bond acceptors (Lipinski definition) is 5. The van der Waals surface area contributed by atoms with Crippen molar-refractivity contribution in [3.8, 4) is 5.19 Å². The second-order valence-corrected chi connectivity index (χ2v) is 4.42. The van der Waals surface area contributed by atoms with E-state index >= 15 is 0 Å². The Morgan fingerprint density at radius 3 is 2.83 bits per heavy atom. The fourth-order valence-electron chi connectivity index (χ4n) is 0.621. The van der Waals surface area contributed by atoms with Crippen LogP contribution < -0.4 is 4.74 Å². The molecule has 0 N–H and O–H groups in total. The summed E-state index contributed by atoms with van der Waals surface area (Å²) >= 11 is 1.01. The molecular weight excluding hydrogens is 205 g/mol. The molecule has 68 valence electrons. The van der Waals surface area contributed by atoms with Crippen molar-refractivity contribution in [3.63, 3.8) is 0 Å². The molecule has 0 bridgehead atoms. The number of rotatable bonds is 3. The molecule has 1 heterocycles. The first-order valence-electron chi connectivity index (χ1n) is 2.92. The van der Waals surface area contributed by atoms with E-state index in [1.165, 1.54) is 13.3 Å². The predicted molar refractivity (Wildman–Crippen MR) is 42.4 cm³/mol. The Morgan fingerprint density at radius 2 is 2.42 bits per heavy atom. The maximum atomic E-state index is 12.1. The quantitative estimate of drug-likeness (QED) is 0.698. The summed E-state index contributed by atoms with van der Waals surface area (Å²) in [6, 6.07) is 0. The highest BCUT2D eigenvalue weighted by atomic mass is 32.3. The zero-order valence-electron chi connectivity index (χ0n) is 6.15. The summed E-state index contributed by atoms with van der Waals surface area (Å²) in [7, 11) is -3.05. The molecule has 1 aromatic rings. The minimum Gasteiger partial charge on any atom is -0.473 e. The minimum atomic E-state index is -4.46. The molecule has 0 unspecified atom stereocenters. The zero-order chi connectivity index (χ0) is 9.19. The molecule has 0 aliphatic heterocycles. The van der Waals surface area contributed by atoms with Gasteiger partial charge in [0.25, 0.3) is 5.19 Å². The summed E-state index contributed by atoms with van der Waals surface area (Å²) in [6.45, 7) is 0. The lowest BCUT2D eigenvalue weighted by Crippen LogP contribution is -1.92. The van der Waals surface area contributed by atoms with Crippen LogP contribution in [0.5, 0.6) is 5.19 Å². The van der Waals surface area contributed by atoms with Gasteiger partial charge in [0.2, 0.25) is 0 Å². The molecule has 0 aliphatic carbocycles. The fourth-order valence-corrected chi connectivity index (χ4v) is 2.21. The van der Waals surface area contributed by atoms with Gasteiger partial charge in [-0.3, -0.25) is 0 Å². The number of thiazole rings is 1. The molecule has 0 spiro atoms. The number of methoxy groups -OCH3 is 1. The standard InChI is InChI=1S/C5H6FNO3S2/c1-10-5-7-2-4(11-5)3-12(6,8)9/h2H,3H2,1H3. The molecule has 0 saturated carbocycles. The molecule has 7 heteroatoms. The van der Waals surface area contributed by atoms with Crippen LogP contribution in [0, 0.1) is 0 Å².